The van der Waals surface area contributed by atoms with Crippen molar-refractivity contribution in [2.24, 2.45) is 0 Å². The van der Waals surface area contributed by atoms with Crippen LogP contribution in [0.15, 0.2) is 51.9 Å². The molecule has 1 saturated heterocycles. The molecule has 0 bridgehead atoms. The molecule has 2 heterocycles. The first-order chi connectivity index (χ1) is 16.5. The van der Waals surface area contributed by atoms with Crippen molar-refractivity contribution in [3.63, 3.8) is 0 Å². The summed E-state index contributed by atoms with van der Waals surface area (Å²) in [6.07, 6.45) is 4.02. The van der Waals surface area contributed by atoms with Crippen molar-refractivity contribution in [1.29, 1.82) is 0 Å². The molecule has 2 aromatic rings. The third kappa shape index (κ3) is 5.09. The van der Waals surface area contributed by atoms with Gasteiger partial charge in [0, 0.05) is 28.0 Å². The standard InChI is InChI=1S/C27H28BrN3O3S/c1-6-31-22-11-16(2)18(12-21(22)17(3)14-27(31,4)5)13-23-25(33)30(26(34)35-23)15-24(32)29-20-9-7-19(28)8-10-20/h7-14H,6,15H2,1-5H3,(H,29,32)/b23-13+. The Kier molecular flexibility index (Phi) is 6.97. The van der Waals surface area contributed by atoms with Crippen molar-refractivity contribution >= 4 is 67.8 Å². The molecule has 1 fully saturated rings. The molecule has 4 rings (SSSR count). The number of nitrogens with one attached hydrogen (secondary N) is 1. The number of amides is 3. The Bertz CT molecular complexity index is 1280. The van der Waals surface area contributed by atoms with Crippen LogP contribution in [0.4, 0.5) is 16.2 Å². The summed E-state index contributed by atoms with van der Waals surface area (Å²) in [4.78, 5) is 41.7. The lowest BCUT2D eigenvalue weighted by Gasteiger charge is -2.43. The van der Waals surface area contributed by atoms with Crippen LogP contribution in [0, 0.1) is 6.92 Å². The molecule has 3 amide bonds. The Morgan fingerprint density at radius 1 is 1.14 bits per heavy atom. The molecule has 8 heteroatoms. The third-order valence-electron chi connectivity index (χ3n) is 6.27. The largest absolute Gasteiger partial charge is 0.363 e. The molecule has 0 aromatic heterocycles. The summed E-state index contributed by atoms with van der Waals surface area (Å²) in [5, 5.41) is 2.27. The van der Waals surface area contributed by atoms with E-state index in [1.165, 1.54) is 11.3 Å². The van der Waals surface area contributed by atoms with Gasteiger partial charge in [-0.05, 0) is 106 Å². The molecular formula is C27H28BrN3O3S. The van der Waals surface area contributed by atoms with Crippen LogP contribution < -0.4 is 10.2 Å². The van der Waals surface area contributed by atoms with Gasteiger partial charge in [0.15, 0.2) is 0 Å². The molecule has 0 radical (unpaired) electrons. The van der Waals surface area contributed by atoms with Crippen LogP contribution in [0.1, 0.15) is 44.4 Å². The van der Waals surface area contributed by atoms with Gasteiger partial charge in [-0.2, -0.15) is 0 Å². The van der Waals surface area contributed by atoms with Crippen LogP contribution in [0.5, 0.6) is 0 Å². The third-order valence-corrected chi connectivity index (χ3v) is 7.71. The SMILES string of the molecule is CCN1c2cc(C)c(/C=C3/SC(=O)N(CC(=O)Nc4ccc(Br)cc4)C3=O)cc2C(C)=CC1(C)C. The molecule has 0 saturated carbocycles. The summed E-state index contributed by atoms with van der Waals surface area (Å²) in [6.45, 7) is 11.2. The van der Waals surface area contributed by atoms with Crippen molar-refractivity contribution in [2.45, 2.75) is 40.2 Å². The average Bonchev–Trinajstić information content (AvgIpc) is 3.03. The van der Waals surface area contributed by atoms with Gasteiger partial charge in [-0.1, -0.05) is 22.0 Å². The summed E-state index contributed by atoms with van der Waals surface area (Å²) in [7, 11) is 0. The molecule has 0 aliphatic carbocycles. The van der Waals surface area contributed by atoms with Gasteiger partial charge < -0.3 is 10.2 Å². The number of carbonyl (C=O) groups excluding carboxylic acids is 3. The van der Waals surface area contributed by atoms with E-state index in [1.807, 2.05) is 6.92 Å². The fraction of sp³-hybridized carbons (Fsp3) is 0.296. The Morgan fingerprint density at radius 2 is 1.83 bits per heavy atom. The molecule has 6 nitrogen and oxygen atoms in total. The summed E-state index contributed by atoms with van der Waals surface area (Å²) < 4.78 is 0.890. The minimum atomic E-state index is -0.452. The highest BCUT2D eigenvalue weighted by Crippen LogP contribution is 2.41. The second-order valence-corrected chi connectivity index (χ2v) is 11.2. The van der Waals surface area contributed by atoms with E-state index >= 15 is 0 Å². The predicted molar refractivity (Wildman–Crippen MR) is 147 cm³/mol. The highest BCUT2D eigenvalue weighted by molar-refractivity contribution is 9.10. The maximum absolute atomic E-state index is 13.0. The topological polar surface area (TPSA) is 69.7 Å². The van der Waals surface area contributed by atoms with E-state index in [9.17, 15) is 14.4 Å². The van der Waals surface area contributed by atoms with Gasteiger partial charge in [0.25, 0.3) is 11.1 Å². The second-order valence-electron chi connectivity index (χ2n) is 9.27. The number of aryl methyl sites for hydroxylation is 1. The van der Waals surface area contributed by atoms with Crippen LogP contribution in [0.3, 0.4) is 0 Å². The molecule has 0 spiro atoms. The summed E-state index contributed by atoms with van der Waals surface area (Å²) in [6, 6.07) is 11.3. The van der Waals surface area contributed by atoms with Crippen LogP contribution in [-0.4, -0.2) is 40.6 Å². The van der Waals surface area contributed by atoms with Crippen LogP contribution in [0.2, 0.25) is 0 Å². The number of allylic oxidation sites excluding steroid dienone is 1. The first-order valence-electron chi connectivity index (χ1n) is 11.4. The number of nitrogens with zero attached hydrogens (tertiary/aromatic N) is 2. The lowest BCUT2D eigenvalue weighted by molar-refractivity contribution is -0.127. The van der Waals surface area contributed by atoms with Crippen molar-refractivity contribution in [3.8, 4) is 0 Å². The molecular weight excluding hydrogens is 526 g/mol. The van der Waals surface area contributed by atoms with Gasteiger partial charge in [-0.15, -0.1) is 0 Å². The maximum atomic E-state index is 13.0. The highest BCUT2D eigenvalue weighted by Gasteiger charge is 2.37. The van der Waals surface area contributed by atoms with Crippen LogP contribution in [-0.2, 0) is 9.59 Å². The molecule has 2 aromatic carbocycles. The number of hydrogen-bond donors (Lipinski definition) is 1. The van der Waals surface area contributed by atoms with E-state index in [1.54, 1.807) is 30.3 Å². The lowest BCUT2D eigenvalue weighted by atomic mass is 9.87. The Balaban J connectivity index is 1.56. The van der Waals surface area contributed by atoms with E-state index in [0.717, 1.165) is 44.4 Å². The van der Waals surface area contributed by atoms with E-state index in [4.69, 9.17) is 0 Å². The molecule has 2 aliphatic rings. The van der Waals surface area contributed by atoms with Crippen molar-refractivity contribution in [3.05, 3.63) is 68.5 Å². The average molecular weight is 555 g/mol. The Labute approximate surface area is 218 Å². The normalized spacial score (nSPS) is 18.1. The summed E-state index contributed by atoms with van der Waals surface area (Å²) in [5.74, 6) is -0.879. The lowest BCUT2D eigenvalue weighted by Crippen LogP contribution is -2.44. The van der Waals surface area contributed by atoms with Crippen molar-refractivity contribution in [2.75, 3.05) is 23.3 Å². The number of halogens is 1. The number of benzene rings is 2. The van der Waals surface area contributed by atoms with E-state index in [2.05, 4.69) is 72.1 Å². The van der Waals surface area contributed by atoms with Gasteiger partial charge in [-0.25, -0.2) is 0 Å². The van der Waals surface area contributed by atoms with Gasteiger partial charge in [0.2, 0.25) is 5.91 Å². The zero-order valence-corrected chi connectivity index (χ0v) is 22.8. The summed E-state index contributed by atoms with van der Waals surface area (Å²) in [5.41, 5.74) is 5.89. The number of anilines is 2. The number of rotatable bonds is 5. The zero-order chi connectivity index (χ0) is 25.5. The Morgan fingerprint density at radius 3 is 2.49 bits per heavy atom. The highest BCUT2D eigenvalue weighted by atomic mass is 79.9. The fourth-order valence-corrected chi connectivity index (χ4v) is 5.73. The molecule has 2 aliphatic heterocycles. The first-order valence-corrected chi connectivity index (χ1v) is 13.0. The van der Waals surface area contributed by atoms with Gasteiger partial charge >= 0.3 is 0 Å². The van der Waals surface area contributed by atoms with Crippen LogP contribution >= 0.6 is 27.7 Å². The fourth-order valence-electron chi connectivity index (χ4n) is 4.63. The number of likely N-dealkylation sites (N-methyl/N-ethyl adjacent to an activating group) is 1. The number of thioether (sulfide) groups is 1. The van der Waals surface area contributed by atoms with E-state index in [0.29, 0.717) is 10.6 Å². The number of imide groups is 1. The molecule has 1 N–H and O–H groups in total. The number of fused-ring (bicyclic) bond motifs is 1. The monoisotopic (exact) mass is 553 g/mol. The second kappa shape index (κ2) is 9.66. The minimum absolute atomic E-state index is 0.0841. The molecule has 0 unspecified atom stereocenters. The number of carbonyl (C=O) groups is 3. The Hall–Kier alpha value is -2.84. The van der Waals surface area contributed by atoms with E-state index < -0.39 is 17.1 Å². The smallest absolute Gasteiger partial charge is 0.294 e. The maximum Gasteiger partial charge on any atom is 0.294 e. The quantitative estimate of drug-likeness (QED) is 0.430. The van der Waals surface area contributed by atoms with Crippen molar-refractivity contribution in [1.82, 2.24) is 4.90 Å². The molecule has 0 atom stereocenters. The van der Waals surface area contributed by atoms with Gasteiger partial charge in [0.1, 0.15) is 6.54 Å². The van der Waals surface area contributed by atoms with Crippen molar-refractivity contribution < 1.29 is 14.4 Å². The zero-order valence-electron chi connectivity index (χ0n) is 20.4. The van der Waals surface area contributed by atoms with Crippen LogP contribution in [0.25, 0.3) is 11.6 Å². The predicted octanol–water partition coefficient (Wildman–Crippen LogP) is 6.45. The van der Waals surface area contributed by atoms with E-state index in [-0.39, 0.29) is 12.1 Å². The van der Waals surface area contributed by atoms with Gasteiger partial charge in [-0.3, -0.25) is 19.3 Å². The molecule has 182 valence electrons. The first kappa shape index (κ1) is 25.3. The van der Waals surface area contributed by atoms with Gasteiger partial charge in [0.05, 0.1) is 10.4 Å². The summed E-state index contributed by atoms with van der Waals surface area (Å²) >= 11 is 4.21. The molecule has 35 heavy (non-hydrogen) atoms. The number of hydrogen-bond acceptors (Lipinski definition) is 5. The minimum Gasteiger partial charge on any atom is -0.363 e.